The van der Waals surface area contributed by atoms with Crippen molar-refractivity contribution in [3.8, 4) is 0 Å². The van der Waals surface area contributed by atoms with Crippen molar-refractivity contribution in [3.05, 3.63) is 34.3 Å². The van der Waals surface area contributed by atoms with Gasteiger partial charge >= 0.3 is 0 Å². The average Bonchev–Trinajstić information content (AvgIpc) is 2.13. The van der Waals surface area contributed by atoms with Crippen LogP contribution in [-0.4, -0.2) is 31.1 Å². The van der Waals surface area contributed by atoms with Gasteiger partial charge in [0, 0.05) is 30.1 Å². The third-order valence-corrected chi connectivity index (χ3v) is 3.45. The summed E-state index contributed by atoms with van der Waals surface area (Å²) in [6.07, 6.45) is 0.893. The van der Waals surface area contributed by atoms with Crippen LogP contribution in [0.15, 0.2) is 18.2 Å². The molecule has 1 fully saturated rings. The summed E-state index contributed by atoms with van der Waals surface area (Å²) >= 11 is 6.31. The Labute approximate surface area is 102 Å². The number of nitrogens with zero attached hydrogens (tertiary/aromatic N) is 1. The Morgan fingerprint density at radius 2 is 2.19 bits per heavy atom. The van der Waals surface area contributed by atoms with Crippen LogP contribution in [0.1, 0.15) is 24.0 Å². The Balaban J connectivity index is 2.11. The maximum atomic E-state index is 6.31. The molecule has 2 nitrogen and oxygen atoms in total. The molecule has 3 heteroatoms. The quantitative estimate of drug-likeness (QED) is 0.876. The van der Waals surface area contributed by atoms with E-state index in [0.29, 0.717) is 5.92 Å². The molecular weight excluding hydrogens is 220 g/mol. The topological polar surface area (TPSA) is 29.3 Å². The highest BCUT2D eigenvalue weighted by atomic mass is 35.5. The second-order valence-corrected chi connectivity index (χ2v) is 5.36. The zero-order chi connectivity index (χ0) is 11.7. The van der Waals surface area contributed by atoms with Gasteiger partial charge in [-0.05, 0) is 37.6 Å². The third kappa shape index (κ3) is 2.57. The van der Waals surface area contributed by atoms with Gasteiger partial charge in [-0.25, -0.2) is 0 Å². The Bertz CT molecular complexity index is 370. The fourth-order valence-electron chi connectivity index (χ4n) is 2.30. The van der Waals surface area contributed by atoms with E-state index in [0.717, 1.165) is 24.5 Å². The van der Waals surface area contributed by atoms with Crippen LogP contribution < -0.4 is 5.73 Å². The van der Waals surface area contributed by atoms with E-state index in [-0.39, 0.29) is 6.04 Å². The van der Waals surface area contributed by atoms with Crippen LogP contribution in [0, 0.1) is 0 Å². The second-order valence-electron chi connectivity index (χ2n) is 4.96. The molecule has 1 unspecified atom stereocenters. The Kier molecular flexibility index (Phi) is 3.53. The number of likely N-dealkylation sites (N-methyl/N-ethyl adjacent to an activating group) is 1. The lowest BCUT2D eigenvalue weighted by atomic mass is 9.91. The molecule has 0 saturated carbocycles. The van der Waals surface area contributed by atoms with Crippen molar-refractivity contribution in [1.29, 1.82) is 0 Å². The summed E-state index contributed by atoms with van der Waals surface area (Å²) in [5, 5.41) is 0.899. The normalized spacial score (nSPS) is 19.5. The maximum absolute atomic E-state index is 6.31. The van der Waals surface area contributed by atoms with Gasteiger partial charge in [0.25, 0.3) is 0 Å². The molecule has 1 aliphatic rings. The minimum atomic E-state index is 0.191. The third-order valence-electron chi connectivity index (χ3n) is 3.13. The zero-order valence-corrected chi connectivity index (χ0v) is 10.7. The molecule has 0 spiro atoms. The largest absolute Gasteiger partial charge is 0.328 e. The van der Waals surface area contributed by atoms with Crippen molar-refractivity contribution in [2.45, 2.75) is 25.3 Å². The number of halogens is 1. The van der Waals surface area contributed by atoms with E-state index in [9.17, 15) is 0 Å². The van der Waals surface area contributed by atoms with Crippen molar-refractivity contribution in [1.82, 2.24) is 4.90 Å². The molecule has 0 aliphatic carbocycles. The minimum absolute atomic E-state index is 0.191. The number of benzene rings is 1. The fraction of sp³-hybridized carbons (Fsp3) is 0.538. The van der Waals surface area contributed by atoms with Gasteiger partial charge in [-0.2, -0.15) is 0 Å². The predicted octanol–water partition coefficient (Wildman–Crippen LogP) is 2.26. The van der Waals surface area contributed by atoms with Gasteiger partial charge in [-0.3, -0.25) is 0 Å². The molecule has 1 heterocycles. The van der Waals surface area contributed by atoms with Crippen molar-refractivity contribution in [2.75, 3.05) is 20.1 Å². The predicted molar refractivity (Wildman–Crippen MR) is 69.0 cm³/mol. The number of likely N-dealkylation sites (tertiary alicyclic amines) is 1. The summed E-state index contributed by atoms with van der Waals surface area (Å²) in [7, 11) is 2.13. The molecule has 0 radical (unpaired) electrons. The SMILES string of the molecule is CC(N)Cc1ccc(C2CN(C)C2)c(Cl)c1. The number of rotatable bonds is 3. The van der Waals surface area contributed by atoms with Crippen LogP contribution in [0.5, 0.6) is 0 Å². The van der Waals surface area contributed by atoms with E-state index >= 15 is 0 Å². The Morgan fingerprint density at radius 1 is 1.50 bits per heavy atom. The summed E-state index contributed by atoms with van der Waals surface area (Å²) in [5.41, 5.74) is 8.30. The van der Waals surface area contributed by atoms with E-state index in [1.807, 2.05) is 6.92 Å². The van der Waals surface area contributed by atoms with Gasteiger partial charge in [0.2, 0.25) is 0 Å². The molecule has 2 N–H and O–H groups in total. The molecule has 1 aromatic carbocycles. The molecular formula is C13H19ClN2. The minimum Gasteiger partial charge on any atom is -0.328 e. The molecule has 1 aromatic rings. The van der Waals surface area contributed by atoms with Gasteiger partial charge < -0.3 is 10.6 Å². The highest BCUT2D eigenvalue weighted by Gasteiger charge is 2.26. The summed E-state index contributed by atoms with van der Waals surface area (Å²) in [5.74, 6) is 0.613. The average molecular weight is 239 g/mol. The Morgan fingerprint density at radius 3 is 2.69 bits per heavy atom. The van der Waals surface area contributed by atoms with Crippen LogP contribution in [0.25, 0.3) is 0 Å². The van der Waals surface area contributed by atoms with Gasteiger partial charge in [0.15, 0.2) is 0 Å². The van der Waals surface area contributed by atoms with E-state index in [1.165, 1.54) is 11.1 Å². The summed E-state index contributed by atoms with van der Waals surface area (Å²) < 4.78 is 0. The van der Waals surface area contributed by atoms with E-state index in [1.54, 1.807) is 0 Å². The first-order valence-electron chi connectivity index (χ1n) is 5.78. The molecule has 1 aliphatic heterocycles. The van der Waals surface area contributed by atoms with Gasteiger partial charge in [0.05, 0.1) is 0 Å². The first-order chi connectivity index (χ1) is 7.56. The smallest absolute Gasteiger partial charge is 0.0444 e. The van der Waals surface area contributed by atoms with Crippen molar-refractivity contribution < 1.29 is 0 Å². The number of nitrogens with two attached hydrogens (primary N) is 1. The standard InChI is InChI=1S/C13H19ClN2/c1-9(15)5-10-3-4-12(13(14)6-10)11-7-16(2)8-11/h3-4,6,9,11H,5,7-8,15H2,1-2H3. The molecule has 0 amide bonds. The summed E-state index contributed by atoms with van der Waals surface area (Å²) in [6, 6.07) is 6.58. The van der Waals surface area contributed by atoms with E-state index in [4.69, 9.17) is 17.3 Å². The van der Waals surface area contributed by atoms with Crippen LogP contribution in [0.3, 0.4) is 0 Å². The first-order valence-corrected chi connectivity index (χ1v) is 6.16. The summed E-state index contributed by atoms with van der Waals surface area (Å²) in [4.78, 5) is 2.30. The van der Waals surface area contributed by atoms with Crippen LogP contribution in [-0.2, 0) is 6.42 Å². The first kappa shape index (κ1) is 11.9. The lowest BCUT2D eigenvalue weighted by molar-refractivity contribution is 0.190. The molecule has 1 saturated heterocycles. The van der Waals surface area contributed by atoms with Gasteiger partial charge in [0.1, 0.15) is 0 Å². The second kappa shape index (κ2) is 4.74. The highest BCUT2D eigenvalue weighted by molar-refractivity contribution is 6.31. The number of hydrogen-bond donors (Lipinski definition) is 1. The molecule has 0 bridgehead atoms. The fourth-order valence-corrected chi connectivity index (χ4v) is 2.65. The van der Waals surface area contributed by atoms with Crippen molar-refractivity contribution in [2.24, 2.45) is 5.73 Å². The van der Waals surface area contributed by atoms with Crippen LogP contribution >= 0.6 is 11.6 Å². The van der Waals surface area contributed by atoms with Crippen LogP contribution in [0.4, 0.5) is 0 Å². The van der Waals surface area contributed by atoms with Gasteiger partial charge in [-0.15, -0.1) is 0 Å². The van der Waals surface area contributed by atoms with Crippen molar-refractivity contribution in [3.63, 3.8) is 0 Å². The summed E-state index contributed by atoms with van der Waals surface area (Å²) in [6.45, 7) is 4.25. The lowest BCUT2D eigenvalue weighted by Crippen LogP contribution is -2.41. The van der Waals surface area contributed by atoms with Crippen molar-refractivity contribution >= 4 is 11.6 Å². The lowest BCUT2D eigenvalue weighted by Gasteiger charge is -2.37. The van der Waals surface area contributed by atoms with E-state index < -0.39 is 0 Å². The van der Waals surface area contributed by atoms with E-state index in [2.05, 4.69) is 30.1 Å². The van der Waals surface area contributed by atoms with Crippen LogP contribution in [0.2, 0.25) is 5.02 Å². The Hall–Kier alpha value is -0.570. The molecule has 16 heavy (non-hydrogen) atoms. The molecule has 88 valence electrons. The van der Waals surface area contributed by atoms with Gasteiger partial charge in [-0.1, -0.05) is 23.7 Å². The molecule has 2 rings (SSSR count). The number of hydrogen-bond acceptors (Lipinski definition) is 2. The molecule has 0 aromatic heterocycles. The zero-order valence-electron chi connectivity index (χ0n) is 9.91. The maximum Gasteiger partial charge on any atom is 0.0444 e. The molecule has 1 atom stereocenters. The monoisotopic (exact) mass is 238 g/mol. The highest BCUT2D eigenvalue weighted by Crippen LogP contribution is 2.31.